The second kappa shape index (κ2) is 5.79. The summed E-state index contributed by atoms with van der Waals surface area (Å²) in [6.45, 7) is 19.8. The first kappa shape index (κ1) is 20.5. The number of aliphatic carboxylic acids is 1. The molecular formula is C21H34O3. The summed E-state index contributed by atoms with van der Waals surface area (Å²) in [5.74, 6) is -0.502. The molecule has 0 aliphatic carbocycles. The molecule has 0 radical (unpaired) electrons. The van der Waals surface area contributed by atoms with Crippen LogP contribution in [0.4, 0.5) is 0 Å². The summed E-state index contributed by atoms with van der Waals surface area (Å²) in [6.07, 6.45) is 0. The molecule has 0 fully saturated rings. The molecule has 136 valence electrons. The van der Waals surface area contributed by atoms with E-state index in [1.54, 1.807) is 13.8 Å². The lowest BCUT2D eigenvalue weighted by Crippen LogP contribution is -2.43. The van der Waals surface area contributed by atoms with Crippen LogP contribution in [0.15, 0.2) is 12.1 Å². The average Bonchev–Trinajstić information content (AvgIpc) is 2.35. The Morgan fingerprint density at radius 2 is 1.12 bits per heavy atom. The summed E-state index contributed by atoms with van der Waals surface area (Å²) in [6, 6.07) is 3.96. The van der Waals surface area contributed by atoms with Gasteiger partial charge in [-0.1, -0.05) is 67.5 Å². The summed E-state index contributed by atoms with van der Waals surface area (Å²) in [7, 11) is 0. The van der Waals surface area contributed by atoms with Crippen LogP contribution in [0.25, 0.3) is 0 Å². The highest BCUT2D eigenvalue weighted by atomic mass is 16.4. The molecule has 0 saturated heterocycles. The monoisotopic (exact) mass is 334 g/mol. The van der Waals surface area contributed by atoms with E-state index in [0.717, 1.165) is 16.7 Å². The van der Waals surface area contributed by atoms with Crippen LogP contribution in [-0.4, -0.2) is 16.2 Å². The van der Waals surface area contributed by atoms with Crippen LogP contribution in [0.5, 0.6) is 5.75 Å². The Hall–Kier alpha value is -1.51. The number of carboxylic acid groups (broad SMARTS) is 1. The van der Waals surface area contributed by atoms with Gasteiger partial charge in [-0.25, -0.2) is 0 Å². The van der Waals surface area contributed by atoms with Gasteiger partial charge in [0.15, 0.2) is 0 Å². The van der Waals surface area contributed by atoms with E-state index < -0.39 is 16.8 Å². The molecule has 0 spiro atoms. The first-order valence-electron chi connectivity index (χ1n) is 8.56. The Kier molecular flexibility index (Phi) is 4.95. The SMILES string of the molecule is CC(C)(C)c1cc(C(C)(C)C(C)(C)C(=O)O)cc(C(C)(C)C)c1O. The van der Waals surface area contributed by atoms with Crippen LogP contribution in [-0.2, 0) is 21.0 Å². The van der Waals surface area contributed by atoms with Gasteiger partial charge in [0.25, 0.3) is 0 Å². The summed E-state index contributed by atoms with van der Waals surface area (Å²) in [5.41, 5.74) is 0.675. The van der Waals surface area contributed by atoms with E-state index >= 15 is 0 Å². The van der Waals surface area contributed by atoms with Crippen molar-refractivity contribution < 1.29 is 15.0 Å². The Balaban J connectivity index is 3.82. The zero-order chi connectivity index (χ0) is 19.3. The summed E-state index contributed by atoms with van der Waals surface area (Å²) in [4.78, 5) is 11.8. The van der Waals surface area contributed by atoms with Crippen molar-refractivity contribution in [1.29, 1.82) is 0 Å². The van der Waals surface area contributed by atoms with E-state index in [2.05, 4.69) is 41.5 Å². The first-order chi connectivity index (χ1) is 10.4. The normalized spacial score (nSPS) is 13.9. The fraction of sp³-hybridized carbons (Fsp3) is 0.667. The summed E-state index contributed by atoms with van der Waals surface area (Å²) in [5, 5.41) is 20.5. The Bertz CT molecular complexity index is 603. The lowest BCUT2D eigenvalue weighted by atomic mass is 9.62. The number of rotatable bonds is 3. The Morgan fingerprint density at radius 3 is 1.38 bits per heavy atom. The summed E-state index contributed by atoms with van der Waals surface area (Å²) < 4.78 is 0. The van der Waals surface area contributed by atoms with E-state index in [-0.39, 0.29) is 10.8 Å². The topological polar surface area (TPSA) is 57.5 Å². The molecule has 0 aliphatic heterocycles. The molecule has 0 aliphatic rings. The number of carboxylic acids is 1. The predicted molar refractivity (Wildman–Crippen MR) is 99.9 cm³/mol. The molecule has 0 unspecified atom stereocenters. The molecule has 0 saturated carbocycles. The van der Waals surface area contributed by atoms with E-state index in [1.807, 2.05) is 26.0 Å². The molecule has 3 heteroatoms. The number of carbonyl (C=O) groups is 1. The minimum Gasteiger partial charge on any atom is -0.507 e. The molecule has 0 bridgehead atoms. The maximum Gasteiger partial charge on any atom is 0.309 e. The van der Waals surface area contributed by atoms with Crippen LogP contribution >= 0.6 is 0 Å². The molecule has 0 heterocycles. The second-order valence-corrected chi connectivity index (χ2v) is 9.98. The highest BCUT2D eigenvalue weighted by Gasteiger charge is 2.45. The Labute approximate surface area is 147 Å². The van der Waals surface area contributed by atoms with Crippen molar-refractivity contribution in [2.45, 2.75) is 85.5 Å². The molecule has 0 atom stereocenters. The molecule has 24 heavy (non-hydrogen) atoms. The van der Waals surface area contributed by atoms with Gasteiger partial charge in [-0.15, -0.1) is 0 Å². The van der Waals surface area contributed by atoms with Crippen molar-refractivity contribution in [3.8, 4) is 5.75 Å². The quantitative estimate of drug-likeness (QED) is 0.780. The van der Waals surface area contributed by atoms with Crippen LogP contribution < -0.4 is 0 Å². The first-order valence-corrected chi connectivity index (χ1v) is 8.56. The van der Waals surface area contributed by atoms with Gasteiger partial charge in [-0.3, -0.25) is 4.79 Å². The van der Waals surface area contributed by atoms with Gasteiger partial charge in [-0.05, 0) is 41.4 Å². The predicted octanol–water partition coefficient (Wildman–Crippen LogP) is 5.38. The number of phenolic OH excluding ortho intramolecular Hbond substituents is 1. The number of aromatic hydroxyl groups is 1. The molecule has 1 aromatic carbocycles. The standard InChI is InChI=1S/C21H34O3/c1-18(2,3)14-11-13(12-15(16(14)22)19(4,5)6)20(7,8)21(9,10)17(23)24/h11-12,22H,1-10H3,(H,23,24). The molecule has 1 aromatic rings. The van der Waals surface area contributed by atoms with Gasteiger partial charge in [0, 0.05) is 5.41 Å². The van der Waals surface area contributed by atoms with E-state index in [9.17, 15) is 15.0 Å². The third-order valence-corrected chi connectivity index (χ3v) is 5.54. The van der Waals surface area contributed by atoms with E-state index in [1.165, 1.54) is 0 Å². The van der Waals surface area contributed by atoms with Crippen molar-refractivity contribution in [1.82, 2.24) is 0 Å². The highest BCUT2D eigenvalue weighted by Crippen LogP contribution is 2.47. The smallest absolute Gasteiger partial charge is 0.309 e. The minimum atomic E-state index is -0.936. The van der Waals surface area contributed by atoms with Crippen LogP contribution in [0, 0.1) is 5.41 Å². The zero-order valence-electron chi connectivity index (χ0n) is 17.0. The zero-order valence-corrected chi connectivity index (χ0v) is 17.0. The van der Waals surface area contributed by atoms with Gasteiger partial charge in [0.2, 0.25) is 0 Å². The molecule has 0 amide bonds. The van der Waals surface area contributed by atoms with Gasteiger partial charge < -0.3 is 10.2 Å². The van der Waals surface area contributed by atoms with Crippen LogP contribution in [0.2, 0.25) is 0 Å². The molecular weight excluding hydrogens is 300 g/mol. The van der Waals surface area contributed by atoms with E-state index in [4.69, 9.17) is 0 Å². The fourth-order valence-corrected chi connectivity index (χ4v) is 2.77. The highest BCUT2D eigenvalue weighted by molar-refractivity contribution is 5.76. The van der Waals surface area contributed by atoms with Gasteiger partial charge in [0.05, 0.1) is 5.41 Å². The molecule has 0 aromatic heterocycles. The number of hydrogen-bond acceptors (Lipinski definition) is 2. The van der Waals surface area contributed by atoms with Crippen LogP contribution in [0.3, 0.4) is 0 Å². The van der Waals surface area contributed by atoms with Gasteiger partial charge in [-0.2, -0.15) is 0 Å². The van der Waals surface area contributed by atoms with Crippen molar-refractivity contribution in [2.75, 3.05) is 0 Å². The largest absolute Gasteiger partial charge is 0.507 e. The number of phenols is 1. The number of benzene rings is 1. The van der Waals surface area contributed by atoms with E-state index in [0.29, 0.717) is 5.75 Å². The number of hydrogen-bond donors (Lipinski definition) is 2. The maximum absolute atomic E-state index is 11.8. The molecule has 1 rings (SSSR count). The van der Waals surface area contributed by atoms with Gasteiger partial charge in [0.1, 0.15) is 5.75 Å². The summed E-state index contributed by atoms with van der Waals surface area (Å²) >= 11 is 0. The maximum atomic E-state index is 11.8. The Morgan fingerprint density at radius 1 is 0.792 bits per heavy atom. The van der Waals surface area contributed by atoms with Crippen molar-refractivity contribution in [3.05, 3.63) is 28.8 Å². The lowest BCUT2D eigenvalue weighted by Gasteiger charge is -2.40. The minimum absolute atomic E-state index is 0.233. The lowest BCUT2D eigenvalue weighted by molar-refractivity contribution is -0.150. The third-order valence-electron chi connectivity index (χ3n) is 5.54. The second-order valence-electron chi connectivity index (χ2n) is 9.98. The van der Waals surface area contributed by atoms with Crippen molar-refractivity contribution >= 4 is 5.97 Å². The van der Waals surface area contributed by atoms with Crippen molar-refractivity contribution in [3.63, 3.8) is 0 Å². The molecule has 2 N–H and O–H groups in total. The molecule has 3 nitrogen and oxygen atoms in total. The fourth-order valence-electron chi connectivity index (χ4n) is 2.77. The van der Waals surface area contributed by atoms with Gasteiger partial charge >= 0.3 is 5.97 Å². The van der Waals surface area contributed by atoms with Crippen LogP contribution in [0.1, 0.15) is 85.9 Å². The van der Waals surface area contributed by atoms with Crippen molar-refractivity contribution in [2.24, 2.45) is 5.41 Å². The average molecular weight is 335 g/mol. The third kappa shape index (κ3) is 3.45.